The molecule has 0 spiro atoms. The van der Waals surface area contributed by atoms with Gasteiger partial charge in [0.1, 0.15) is 29.2 Å². The van der Waals surface area contributed by atoms with Crippen molar-refractivity contribution in [3.05, 3.63) is 102 Å². The van der Waals surface area contributed by atoms with Gasteiger partial charge in [-0.05, 0) is 85.8 Å². The Bertz CT molecular complexity index is 2420. The summed E-state index contributed by atoms with van der Waals surface area (Å²) in [5.41, 5.74) is 4.51. The normalized spacial score (nSPS) is 19.8. The van der Waals surface area contributed by atoms with Gasteiger partial charge in [0, 0.05) is 64.5 Å². The molecule has 0 aliphatic carbocycles. The quantitative estimate of drug-likeness (QED) is 0.129. The highest BCUT2D eigenvalue weighted by molar-refractivity contribution is 6.23. The van der Waals surface area contributed by atoms with Crippen LogP contribution in [0.4, 0.5) is 21.7 Å². The summed E-state index contributed by atoms with van der Waals surface area (Å²) < 4.78 is 21.9. The third-order valence-electron chi connectivity index (χ3n) is 11.6. The Kier molecular flexibility index (Phi) is 10.7. The van der Waals surface area contributed by atoms with Gasteiger partial charge in [-0.2, -0.15) is 0 Å². The van der Waals surface area contributed by atoms with Crippen molar-refractivity contribution < 1.29 is 28.3 Å². The summed E-state index contributed by atoms with van der Waals surface area (Å²) in [6.45, 7) is 6.93. The third kappa shape index (κ3) is 7.84. The maximum atomic E-state index is 14.1. The Morgan fingerprint density at radius 1 is 0.831 bits per heavy atom. The summed E-state index contributed by atoms with van der Waals surface area (Å²) >= 11 is 0. The molecule has 2 N–H and O–H groups in total. The number of carbonyl (C=O) groups is 4. The van der Waals surface area contributed by atoms with Crippen LogP contribution in [0.1, 0.15) is 64.4 Å². The zero-order chi connectivity index (χ0) is 40.5. The van der Waals surface area contributed by atoms with Crippen molar-refractivity contribution in [2.45, 2.75) is 44.2 Å². The lowest BCUT2D eigenvalue weighted by molar-refractivity contribution is -0.136. The number of pyridine rings is 1. The van der Waals surface area contributed by atoms with Crippen LogP contribution in [0.15, 0.2) is 79.0 Å². The van der Waals surface area contributed by atoms with Gasteiger partial charge in [-0.15, -0.1) is 5.10 Å². The van der Waals surface area contributed by atoms with E-state index in [0.29, 0.717) is 25.4 Å². The molecule has 304 valence electrons. The molecule has 3 fully saturated rings. The standard InChI is InChI=1S/C43H45FN10O5/c44-29-6-1-5-28(25-29)34-8-3-17-52(34)39-14-13-37-46-27-36(54(37)49-39)33-7-2-9-38(47-33)51-20-18-50(19-21-51)22-24-59-23-4-16-45-30-10-11-31-32(26-30)43(58)53(42(31)57)35-12-15-40(55)48-41(35)56/h1-2,5-7,9-11,13-14,25-27,34-35,45H,3-4,8,12,15-24H2,(H,48,55,56)/t34-,35?/m1/s1. The number of anilines is 3. The van der Waals surface area contributed by atoms with Crippen LogP contribution in [0.3, 0.4) is 0 Å². The van der Waals surface area contributed by atoms with E-state index in [1.54, 1.807) is 30.3 Å². The van der Waals surface area contributed by atoms with Crippen molar-refractivity contribution in [2.24, 2.45) is 0 Å². The van der Waals surface area contributed by atoms with E-state index < -0.39 is 29.7 Å². The smallest absolute Gasteiger partial charge is 0.262 e. The number of amides is 4. The number of nitrogens with zero attached hydrogens (tertiary/aromatic N) is 8. The average Bonchev–Trinajstić information content (AvgIpc) is 3.97. The molecule has 15 nitrogen and oxygen atoms in total. The van der Waals surface area contributed by atoms with Gasteiger partial charge >= 0.3 is 0 Å². The minimum atomic E-state index is -0.985. The average molecular weight is 801 g/mol. The first-order chi connectivity index (χ1) is 28.8. The molecular weight excluding hydrogens is 756 g/mol. The fraction of sp³-hybridized carbons (Fsp3) is 0.372. The predicted octanol–water partition coefficient (Wildman–Crippen LogP) is 4.31. The van der Waals surface area contributed by atoms with Crippen LogP contribution in [0.5, 0.6) is 0 Å². The summed E-state index contributed by atoms with van der Waals surface area (Å²) in [6.07, 6.45) is 4.72. The molecule has 5 aromatic rings. The second-order valence-electron chi connectivity index (χ2n) is 15.3. The van der Waals surface area contributed by atoms with E-state index in [1.165, 1.54) is 6.07 Å². The number of aromatic nitrogens is 4. The molecule has 0 radical (unpaired) electrons. The van der Waals surface area contributed by atoms with Crippen LogP contribution in [0, 0.1) is 5.82 Å². The van der Waals surface area contributed by atoms with Gasteiger partial charge in [0.2, 0.25) is 11.8 Å². The number of imide groups is 2. The number of benzene rings is 2. The van der Waals surface area contributed by atoms with Crippen molar-refractivity contribution in [2.75, 3.05) is 74.1 Å². The first kappa shape index (κ1) is 38.3. The molecule has 2 aromatic carbocycles. The second-order valence-corrected chi connectivity index (χ2v) is 15.3. The van der Waals surface area contributed by atoms with Gasteiger partial charge in [0.25, 0.3) is 11.8 Å². The molecular formula is C43H45FN10O5. The van der Waals surface area contributed by atoms with Crippen LogP contribution in [0.25, 0.3) is 17.0 Å². The van der Waals surface area contributed by atoms with Gasteiger partial charge in [-0.3, -0.25) is 34.3 Å². The number of piperidine rings is 1. The zero-order valence-electron chi connectivity index (χ0n) is 32.6. The van der Waals surface area contributed by atoms with Crippen molar-refractivity contribution in [3.63, 3.8) is 0 Å². The number of rotatable bonds is 13. The second kappa shape index (κ2) is 16.5. The Hall–Kier alpha value is -6.26. The lowest BCUT2D eigenvalue weighted by Crippen LogP contribution is -2.54. The van der Waals surface area contributed by atoms with Gasteiger partial charge in [-0.1, -0.05) is 18.2 Å². The summed E-state index contributed by atoms with van der Waals surface area (Å²) in [4.78, 5) is 67.5. The van der Waals surface area contributed by atoms with Crippen LogP contribution < -0.4 is 20.4 Å². The minimum absolute atomic E-state index is 0.0639. The van der Waals surface area contributed by atoms with E-state index >= 15 is 0 Å². The first-order valence-electron chi connectivity index (χ1n) is 20.3. The molecule has 59 heavy (non-hydrogen) atoms. The predicted molar refractivity (Wildman–Crippen MR) is 218 cm³/mol. The Morgan fingerprint density at radius 3 is 2.53 bits per heavy atom. The molecule has 0 bridgehead atoms. The first-order valence-corrected chi connectivity index (χ1v) is 20.3. The molecule has 1 unspecified atom stereocenters. The van der Waals surface area contributed by atoms with Gasteiger partial charge in [-0.25, -0.2) is 18.9 Å². The molecule has 2 atom stereocenters. The van der Waals surface area contributed by atoms with Crippen molar-refractivity contribution in [1.82, 2.24) is 34.7 Å². The summed E-state index contributed by atoms with van der Waals surface area (Å²) in [5, 5.41) is 10.5. The lowest BCUT2D eigenvalue weighted by Gasteiger charge is -2.35. The van der Waals surface area contributed by atoms with E-state index in [4.69, 9.17) is 14.8 Å². The number of carbonyl (C=O) groups excluding carboxylic acids is 4. The number of hydrogen-bond acceptors (Lipinski definition) is 12. The number of hydrogen-bond donors (Lipinski definition) is 2. The van der Waals surface area contributed by atoms with Gasteiger partial charge in [0.15, 0.2) is 5.65 Å². The molecule has 3 aromatic heterocycles. The highest BCUT2D eigenvalue weighted by Crippen LogP contribution is 2.36. The van der Waals surface area contributed by atoms with E-state index in [9.17, 15) is 23.6 Å². The number of imidazole rings is 1. The van der Waals surface area contributed by atoms with E-state index in [0.717, 1.165) is 97.7 Å². The molecule has 4 amide bonds. The Morgan fingerprint density at radius 2 is 1.68 bits per heavy atom. The highest BCUT2D eigenvalue weighted by Gasteiger charge is 2.44. The van der Waals surface area contributed by atoms with Crippen LogP contribution in [-0.4, -0.2) is 118 Å². The number of fused-ring (bicyclic) bond motifs is 2. The molecule has 4 aliphatic heterocycles. The van der Waals surface area contributed by atoms with Gasteiger partial charge in [0.05, 0.1) is 35.7 Å². The molecule has 16 heteroatoms. The number of piperazine rings is 1. The van der Waals surface area contributed by atoms with Crippen molar-refractivity contribution in [1.29, 1.82) is 0 Å². The fourth-order valence-corrected chi connectivity index (χ4v) is 8.52. The van der Waals surface area contributed by atoms with Crippen LogP contribution in [-0.2, 0) is 14.3 Å². The monoisotopic (exact) mass is 800 g/mol. The minimum Gasteiger partial charge on any atom is -0.385 e. The van der Waals surface area contributed by atoms with E-state index in [2.05, 4.69) is 30.3 Å². The summed E-state index contributed by atoms with van der Waals surface area (Å²) in [6, 6.07) is 20.9. The summed E-state index contributed by atoms with van der Waals surface area (Å²) in [7, 11) is 0. The SMILES string of the molecule is O=C1CCC(N2C(=O)c3ccc(NCCCOCCN4CCN(c5cccc(-c6cnc7ccc(N8CCC[C@@H]8c8cccc(F)c8)nn67)n5)CC4)cc3C2=O)C(=O)N1. The maximum absolute atomic E-state index is 14.1. The number of nitrogens with one attached hydrogen (secondary N) is 2. The van der Waals surface area contributed by atoms with Gasteiger partial charge < -0.3 is 19.9 Å². The van der Waals surface area contributed by atoms with Crippen LogP contribution >= 0.6 is 0 Å². The summed E-state index contributed by atoms with van der Waals surface area (Å²) in [5.74, 6) is -0.559. The molecule has 0 saturated carbocycles. The molecule has 4 aliphatic rings. The maximum Gasteiger partial charge on any atom is 0.262 e. The number of ether oxygens (including phenoxy) is 1. The Balaban J connectivity index is 0.725. The van der Waals surface area contributed by atoms with Crippen molar-refractivity contribution >= 4 is 46.6 Å². The Labute approximate surface area is 340 Å². The van der Waals surface area contributed by atoms with Crippen molar-refractivity contribution in [3.8, 4) is 11.4 Å². The fourth-order valence-electron chi connectivity index (χ4n) is 8.52. The molecule has 3 saturated heterocycles. The van der Waals surface area contributed by atoms with E-state index in [1.807, 2.05) is 47.1 Å². The lowest BCUT2D eigenvalue weighted by atomic mass is 10.0. The molecule has 7 heterocycles. The third-order valence-corrected chi connectivity index (χ3v) is 11.6. The van der Waals surface area contributed by atoms with Crippen LogP contribution in [0.2, 0.25) is 0 Å². The topological polar surface area (TPSA) is 158 Å². The highest BCUT2D eigenvalue weighted by atomic mass is 19.1. The number of halogens is 1. The van der Waals surface area contributed by atoms with E-state index in [-0.39, 0.29) is 35.8 Å². The largest absolute Gasteiger partial charge is 0.385 e. The molecule has 9 rings (SSSR count). The zero-order valence-corrected chi connectivity index (χ0v) is 32.6.